The maximum atomic E-state index is 12.4. The normalized spacial score (nSPS) is 10.2. The minimum atomic E-state index is -0.264. The molecule has 0 atom stereocenters. The van der Waals surface area contributed by atoms with Crippen LogP contribution in [0.5, 0.6) is 0 Å². The number of para-hydroxylation sites is 2. The van der Waals surface area contributed by atoms with Crippen molar-refractivity contribution in [1.82, 2.24) is 9.97 Å². The lowest BCUT2D eigenvalue weighted by Crippen LogP contribution is -2.15. The number of aromatic nitrogens is 2. The van der Waals surface area contributed by atoms with Crippen LogP contribution in [0.1, 0.15) is 21.7 Å². The first kappa shape index (κ1) is 15.7. The molecule has 0 saturated heterocycles. The second-order valence-electron chi connectivity index (χ2n) is 5.48. The summed E-state index contributed by atoms with van der Waals surface area (Å²) < 4.78 is 0. The van der Waals surface area contributed by atoms with E-state index in [0.717, 1.165) is 22.6 Å². The molecule has 0 aliphatic heterocycles. The predicted octanol–water partition coefficient (Wildman–Crippen LogP) is 4.09. The van der Waals surface area contributed by atoms with Crippen LogP contribution in [-0.4, -0.2) is 15.9 Å². The minimum Gasteiger partial charge on any atom is -0.324 e. The average molecular weight is 318 g/mol. The zero-order valence-electron chi connectivity index (χ0n) is 13.6. The Bertz CT molecular complexity index is 862. The van der Waals surface area contributed by atoms with Gasteiger partial charge in [0.05, 0.1) is 0 Å². The Morgan fingerprint density at radius 3 is 2.38 bits per heavy atom. The molecule has 3 aromatic rings. The Kier molecular flexibility index (Phi) is 4.52. The van der Waals surface area contributed by atoms with Crippen LogP contribution in [0.2, 0.25) is 0 Å². The van der Waals surface area contributed by atoms with Gasteiger partial charge in [0.25, 0.3) is 5.91 Å². The van der Waals surface area contributed by atoms with Crippen molar-refractivity contribution in [2.75, 3.05) is 10.6 Å². The van der Waals surface area contributed by atoms with E-state index in [9.17, 15) is 4.79 Å². The van der Waals surface area contributed by atoms with Gasteiger partial charge in [-0.1, -0.05) is 36.4 Å². The van der Waals surface area contributed by atoms with Crippen molar-refractivity contribution in [3.8, 4) is 0 Å². The molecule has 120 valence electrons. The van der Waals surface area contributed by atoms with Crippen LogP contribution in [0, 0.1) is 13.8 Å². The summed E-state index contributed by atoms with van der Waals surface area (Å²) in [5, 5.41) is 6.00. The number of nitrogens with zero attached hydrogens (tertiary/aromatic N) is 2. The second-order valence-corrected chi connectivity index (χ2v) is 5.48. The Hall–Kier alpha value is -3.21. The van der Waals surface area contributed by atoms with E-state index >= 15 is 0 Å². The zero-order valence-corrected chi connectivity index (χ0v) is 13.6. The third-order valence-corrected chi connectivity index (χ3v) is 3.51. The number of hydrogen-bond donors (Lipinski definition) is 2. The van der Waals surface area contributed by atoms with E-state index in [4.69, 9.17) is 0 Å². The van der Waals surface area contributed by atoms with Crippen molar-refractivity contribution in [2.24, 2.45) is 0 Å². The molecule has 2 N–H and O–H groups in total. The van der Waals surface area contributed by atoms with Gasteiger partial charge >= 0.3 is 0 Å². The van der Waals surface area contributed by atoms with Crippen molar-refractivity contribution >= 4 is 23.2 Å². The first-order valence-electron chi connectivity index (χ1n) is 7.66. The van der Waals surface area contributed by atoms with Gasteiger partial charge in [0.15, 0.2) is 0 Å². The number of anilines is 3. The molecule has 0 aliphatic rings. The van der Waals surface area contributed by atoms with Gasteiger partial charge in [-0.2, -0.15) is 0 Å². The van der Waals surface area contributed by atoms with E-state index in [2.05, 4.69) is 20.6 Å². The molecule has 3 rings (SSSR count). The molecule has 0 radical (unpaired) electrons. The maximum Gasteiger partial charge on any atom is 0.274 e. The number of benzene rings is 2. The highest BCUT2D eigenvalue weighted by atomic mass is 16.1. The van der Waals surface area contributed by atoms with Gasteiger partial charge in [-0.05, 0) is 43.7 Å². The zero-order chi connectivity index (χ0) is 16.9. The Morgan fingerprint density at radius 2 is 1.62 bits per heavy atom. The third-order valence-electron chi connectivity index (χ3n) is 3.51. The van der Waals surface area contributed by atoms with E-state index in [1.807, 2.05) is 68.4 Å². The highest BCUT2D eigenvalue weighted by Gasteiger charge is 2.11. The Balaban J connectivity index is 1.83. The molecule has 0 spiro atoms. The monoisotopic (exact) mass is 318 g/mol. The molecule has 1 amide bonds. The molecular weight excluding hydrogens is 300 g/mol. The smallest absolute Gasteiger partial charge is 0.274 e. The SMILES string of the molecule is Cc1cc(C(=O)Nc2ccccc2)nc(Nc2ccccc2C)n1. The molecule has 1 aromatic heterocycles. The molecule has 5 nitrogen and oxygen atoms in total. The van der Waals surface area contributed by atoms with Gasteiger partial charge in [-0.15, -0.1) is 0 Å². The van der Waals surface area contributed by atoms with Gasteiger partial charge in [-0.3, -0.25) is 4.79 Å². The molecule has 0 unspecified atom stereocenters. The molecule has 0 aliphatic carbocycles. The molecule has 0 saturated carbocycles. The largest absolute Gasteiger partial charge is 0.324 e. The van der Waals surface area contributed by atoms with Crippen LogP contribution in [0.15, 0.2) is 60.7 Å². The van der Waals surface area contributed by atoms with Crippen molar-refractivity contribution in [1.29, 1.82) is 0 Å². The summed E-state index contributed by atoms with van der Waals surface area (Å²) in [6, 6.07) is 18.8. The fraction of sp³-hybridized carbons (Fsp3) is 0.105. The van der Waals surface area contributed by atoms with Crippen molar-refractivity contribution in [2.45, 2.75) is 13.8 Å². The second kappa shape index (κ2) is 6.91. The lowest BCUT2D eigenvalue weighted by molar-refractivity contribution is 0.102. The molecular formula is C19H18N4O. The summed E-state index contributed by atoms with van der Waals surface area (Å²) in [5.41, 5.74) is 3.77. The van der Waals surface area contributed by atoms with Crippen LogP contribution in [-0.2, 0) is 0 Å². The van der Waals surface area contributed by atoms with Gasteiger partial charge in [0.1, 0.15) is 5.69 Å². The molecule has 1 heterocycles. The third kappa shape index (κ3) is 3.76. The van der Waals surface area contributed by atoms with Gasteiger partial charge in [0, 0.05) is 17.1 Å². The van der Waals surface area contributed by atoms with E-state index in [-0.39, 0.29) is 5.91 Å². The first-order chi connectivity index (χ1) is 11.6. The molecule has 2 aromatic carbocycles. The summed E-state index contributed by atoms with van der Waals surface area (Å²) in [6.07, 6.45) is 0. The number of amides is 1. The van der Waals surface area contributed by atoms with Crippen LogP contribution in [0.4, 0.5) is 17.3 Å². The first-order valence-corrected chi connectivity index (χ1v) is 7.66. The summed E-state index contributed by atoms with van der Waals surface area (Å²) in [6.45, 7) is 3.84. The van der Waals surface area contributed by atoms with Crippen LogP contribution >= 0.6 is 0 Å². The predicted molar refractivity (Wildman–Crippen MR) is 95.6 cm³/mol. The van der Waals surface area contributed by atoms with Gasteiger partial charge in [-0.25, -0.2) is 9.97 Å². The topological polar surface area (TPSA) is 66.9 Å². The van der Waals surface area contributed by atoms with E-state index in [0.29, 0.717) is 11.6 Å². The Labute approximate surface area is 140 Å². The fourth-order valence-corrected chi connectivity index (χ4v) is 2.29. The lowest BCUT2D eigenvalue weighted by Gasteiger charge is -2.10. The van der Waals surface area contributed by atoms with Crippen molar-refractivity contribution < 1.29 is 4.79 Å². The highest BCUT2D eigenvalue weighted by molar-refractivity contribution is 6.03. The Morgan fingerprint density at radius 1 is 0.917 bits per heavy atom. The van der Waals surface area contributed by atoms with Crippen molar-refractivity contribution in [3.05, 3.63) is 77.6 Å². The van der Waals surface area contributed by atoms with Gasteiger partial charge < -0.3 is 10.6 Å². The fourth-order valence-electron chi connectivity index (χ4n) is 2.29. The number of nitrogens with one attached hydrogen (secondary N) is 2. The molecule has 0 bridgehead atoms. The summed E-state index contributed by atoms with van der Waals surface area (Å²) in [4.78, 5) is 21.1. The van der Waals surface area contributed by atoms with Gasteiger partial charge in [0.2, 0.25) is 5.95 Å². The number of rotatable bonds is 4. The minimum absolute atomic E-state index is 0.264. The number of hydrogen-bond acceptors (Lipinski definition) is 4. The van der Waals surface area contributed by atoms with E-state index < -0.39 is 0 Å². The average Bonchev–Trinajstić information content (AvgIpc) is 2.57. The quantitative estimate of drug-likeness (QED) is 0.760. The van der Waals surface area contributed by atoms with Crippen LogP contribution in [0.3, 0.4) is 0 Å². The molecule has 0 fully saturated rings. The highest BCUT2D eigenvalue weighted by Crippen LogP contribution is 2.18. The standard InChI is InChI=1S/C19H18N4O/c1-13-8-6-7-11-16(13)22-19-20-14(2)12-17(23-19)18(24)21-15-9-4-3-5-10-15/h3-12H,1-2H3,(H,21,24)(H,20,22,23). The lowest BCUT2D eigenvalue weighted by atomic mass is 10.2. The summed E-state index contributed by atoms with van der Waals surface area (Å²) >= 11 is 0. The molecule has 24 heavy (non-hydrogen) atoms. The van der Waals surface area contributed by atoms with E-state index in [1.54, 1.807) is 6.07 Å². The maximum absolute atomic E-state index is 12.4. The van der Waals surface area contributed by atoms with E-state index in [1.165, 1.54) is 0 Å². The van der Waals surface area contributed by atoms with Crippen LogP contribution < -0.4 is 10.6 Å². The number of carbonyl (C=O) groups is 1. The van der Waals surface area contributed by atoms with Crippen LogP contribution in [0.25, 0.3) is 0 Å². The number of carbonyl (C=O) groups excluding carboxylic acids is 1. The molecule has 5 heteroatoms. The summed E-state index contributed by atoms with van der Waals surface area (Å²) in [7, 11) is 0. The number of aryl methyl sites for hydroxylation is 2. The summed E-state index contributed by atoms with van der Waals surface area (Å²) in [5.74, 6) is 0.141. The van der Waals surface area contributed by atoms with Crippen molar-refractivity contribution in [3.63, 3.8) is 0 Å².